The molecule has 0 radical (unpaired) electrons. The summed E-state index contributed by atoms with van der Waals surface area (Å²) in [5, 5.41) is 13.6. The number of hydrogen-bond donors (Lipinski definition) is 1. The highest BCUT2D eigenvalue weighted by Gasteiger charge is 2.44. The summed E-state index contributed by atoms with van der Waals surface area (Å²) in [5.41, 5.74) is 1.62. The standard InChI is InChI=1S/C15H20BrN3O3/c1-9(2)19-12-10(13(16)17-19)7-15(8-11(12)20)3-5-18(6-4-15)14(21)22/h9H,3-8H2,1-2H3,(H,21,22). The number of halogens is 1. The third kappa shape index (κ3) is 2.45. The summed E-state index contributed by atoms with van der Waals surface area (Å²) in [7, 11) is 0. The van der Waals surface area contributed by atoms with Gasteiger partial charge in [0.2, 0.25) is 0 Å². The summed E-state index contributed by atoms with van der Waals surface area (Å²) in [6, 6.07) is 0.145. The van der Waals surface area contributed by atoms with E-state index in [1.165, 1.54) is 4.90 Å². The van der Waals surface area contributed by atoms with Crippen molar-refractivity contribution in [2.75, 3.05) is 13.1 Å². The molecule has 2 aliphatic rings. The normalized spacial score (nSPS) is 20.5. The Morgan fingerprint density at radius 3 is 2.50 bits per heavy atom. The van der Waals surface area contributed by atoms with Gasteiger partial charge in [-0.25, -0.2) is 4.79 Å². The third-order valence-electron chi connectivity index (χ3n) is 4.89. The molecule has 0 bridgehead atoms. The lowest BCUT2D eigenvalue weighted by molar-refractivity contribution is 0.0654. The van der Waals surface area contributed by atoms with Crippen LogP contribution in [0.15, 0.2) is 4.60 Å². The zero-order valence-electron chi connectivity index (χ0n) is 12.8. The SMILES string of the molecule is CC(C)n1nc(Br)c2c1C(=O)CC1(CCN(C(=O)O)CC1)C2. The Labute approximate surface area is 137 Å². The number of likely N-dealkylation sites (tertiary alicyclic amines) is 1. The van der Waals surface area contributed by atoms with Gasteiger partial charge in [0.05, 0.1) is 0 Å². The molecule has 0 unspecified atom stereocenters. The highest BCUT2D eigenvalue weighted by atomic mass is 79.9. The predicted octanol–water partition coefficient (Wildman–Crippen LogP) is 3.12. The maximum absolute atomic E-state index is 12.7. The fourth-order valence-corrected chi connectivity index (χ4v) is 4.15. The topological polar surface area (TPSA) is 75.4 Å². The van der Waals surface area contributed by atoms with E-state index < -0.39 is 6.09 Å². The first-order chi connectivity index (χ1) is 10.3. The average molecular weight is 370 g/mol. The summed E-state index contributed by atoms with van der Waals surface area (Å²) in [4.78, 5) is 25.2. The number of hydrogen-bond acceptors (Lipinski definition) is 3. The van der Waals surface area contributed by atoms with E-state index in [2.05, 4.69) is 21.0 Å². The van der Waals surface area contributed by atoms with Gasteiger partial charge in [0.25, 0.3) is 0 Å². The molecule has 2 heterocycles. The van der Waals surface area contributed by atoms with Crippen molar-refractivity contribution in [3.05, 3.63) is 15.9 Å². The quantitative estimate of drug-likeness (QED) is 0.824. The lowest BCUT2D eigenvalue weighted by Crippen LogP contribution is -2.46. The highest BCUT2D eigenvalue weighted by molar-refractivity contribution is 9.10. The second-order valence-electron chi connectivity index (χ2n) is 6.70. The fraction of sp³-hybridized carbons (Fsp3) is 0.667. The van der Waals surface area contributed by atoms with E-state index in [1.54, 1.807) is 4.68 Å². The molecule has 1 saturated heterocycles. The molecule has 22 heavy (non-hydrogen) atoms. The molecular formula is C15H20BrN3O3. The summed E-state index contributed by atoms with van der Waals surface area (Å²) < 4.78 is 2.56. The molecule has 6 nitrogen and oxygen atoms in total. The Morgan fingerprint density at radius 1 is 1.32 bits per heavy atom. The fourth-order valence-electron chi connectivity index (χ4n) is 3.66. The maximum atomic E-state index is 12.7. The van der Waals surface area contributed by atoms with Gasteiger partial charge in [-0.1, -0.05) is 0 Å². The number of ketones is 1. The Balaban J connectivity index is 1.89. The first-order valence-corrected chi connectivity index (χ1v) is 8.40. The smallest absolute Gasteiger partial charge is 0.407 e. The Hall–Kier alpha value is -1.37. The molecule has 1 aliphatic carbocycles. The minimum absolute atomic E-state index is 0.108. The third-order valence-corrected chi connectivity index (χ3v) is 5.53. The second-order valence-corrected chi connectivity index (χ2v) is 7.45. The van der Waals surface area contributed by atoms with Crippen LogP contribution in [0.2, 0.25) is 0 Å². The molecule has 1 fully saturated rings. The van der Waals surface area contributed by atoms with Crippen molar-refractivity contribution < 1.29 is 14.7 Å². The van der Waals surface area contributed by atoms with Gasteiger partial charge < -0.3 is 10.0 Å². The minimum Gasteiger partial charge on any atom is -0.465 e. The zero-order valence-corrected chi connectivity index (χ0v) is 14.4. The van der Waals surface area contributed by atoms with Crippen LogP contribution in [0.5, 0.6) is 0 Å². The van der Waals surface area contributed by atoms with Crippen LogP contribution in [0.4, 0.5) is 4.79 Å². The Kier molecular flexibility index (Phi) is 3.79. The summed E-state index contributed by atoms with van der Waals surface area (Å²) in [6.07, 6.45) is 1.91. The van der Waals surface area contributed by atoms with Crippen molar-refractivity contribution >= 4 is 27.8 Å². The largest absolute Gasteiger partial charge is 0.465 e. The first-order valence-electron chi connectivity index (χ1n) is 7.61. The van der Waals surface area contributed by atoms with Gasteiger partial charge in [-0.05, 0) is 54.5 Å². The molecule has 1 N–H and O–H groups in total. The second kappa shape index (κ2) is 5.37. The van der Waals surface area contributed by atoms with Gasteiger partial charge in [-0.2, -0.15) is 5.10 Å². The molecule has 1 spiro atoms. The zero-order chi connectivity index (χ0) is 16.1. The van der Waals surface area contributed by atoms with Crippen molar-refractivity contribution in [2.24, 2.45) is 5.41 Å². The first kappa shape index (κ1) is 15.5. The van der Waals surface area contributed by atoms with Crippen LogP contribution in [0, 0.1) is 5.41 Å². The number of piperidine rings is 1. The van der Waals surface area contributed by atoms with E-state index in [0.717, 1.165) is 35.1 Å². The van der Waals surface area contributed by atoms with Crippen LogP contribution >= 0.6 is 15.9 Å². The van der Waals surface area contributed by atoms with Crippen molar-refractivity contribution in [1.82, 2.24) is 14.7 Å². The number of carbonyl (C=O) groups excluding carboxylic acids is 1. The molecule has 120 valence electrons. The number of rotatable bonds is 1. The molecule has 1 aromatic rings. The van der Waals surface area contributed by atoms with Crippen molar-refractivity contribution in [1.29, 1.82) is 0 Å². The summed E-state index contributed by atoms with van der Waals surface area (Å²) >= 11 is 3.50. The van der Waals surface area contributed by atoms with Gasteiger partial charge >= 0.3 is 6.09 Å². The Morgan fingerprint density at radius 2 is 1.95 bits per heavy atom. The van der Waals surface area contributed by atoms with Crippen molar-refractivity contribution in [2.45, 2.75) is 45.6 Å². The summed E-state index contributed by atoms with van der Waals surface area (Å²) in [6.45, 7) is 5.05. The number of fused-ring (bicyclic) bond motifs is 1. The molecule has 7 heteroatoms. The predicted molar refractivity (Wildman–Crippen MR) is 84.2 cm³/mol. The van der Waals surface area contributed by atoms with Crippen molar-refractivity contribution in [3.63, 3.8) is 0 Å². The molecule has 0 aromatic carbocycles. The van der Waals surface area contributed by atoms with Crippen LogP contribution < -0.4 is 0 Å². The van der Waals surface area contributed by atoms with E-state index in [9.17, 15) is 9.59 Å². The van der Waals surface area contributed by atoms with E-state index in [1.807, 2.05) is 13.8 Å². The number of carbonyl (C=O) groups is 2. The molecule has 1 aromatic heterocycles. The average Bonchev–Trinajstić information content (AvgIpc) is 2.77. The molecule has 1 amide bonds. The number of carboxylic acid groups (broad SMARTS) is 1. The number of nitrogens with zero attached hydrogens (tertiary/aromatic N) is 3. The van der Waals surface area contributed by atoms with Gasteiger partial charge in [0.1, 0.15) is 10.3 Å². The van der Waals surface area contributed by atoms with Gasteiger partial charge in [-0.15, -0.1) is 0 Å². The van der Waals surface area contributed by atoms with Crippen LogP contribution in [0.25, 0.3) is 0 Å². The van der Waals surface area contributed by atoms with Crippen LogP contribution in [0.3, 0.4) is 0 Å². The summed E-state index contributed by atoms with van der Waals surface area (Å²) in [5.74, 6) is 0.136. The van der Waals surface area contributed by atoms with Gasteiger partial charge in [0.15, 0.2) is 5.78 Å². The van der Waals surface area contributed by atoms with E-state index in [0.29, 0.717) is 19.5 Å². The number of Topliss-reactive ketones (excluding diaryl/α,β-unsaturated/α-hetero) is 1. The van der Waals surface area contributed by atoms with Gasteiger partial charge in [-0.3, -0.25) is 9.48 Å². The van der Waals surface area contributed by atoms with Crippen LogP contribution in [0.1, 0.15) is 55.2 Å². The van der Waals surface area contributed by atoms with E-state index >= 15 is 0 Å². The van der Waals surface area contributed by atoms with Crippen LogP contribution in [-0.4, -0.2) is 44.8 Å². The molecule has 0 atom stereocenters. The monoisotopic (exact) mass is 369 g/mol. The van der Waals surface area contributed by atoms with Gasteiger partial charge in [0, 0.05) is 31.1 Å². The highest BCUT2D eigenvalue weighted by Crippen LogP contribution is 2.45. The van der Waals surface area contributed by atoms with Crippen LogP contribution in [-0.2, 0) is 6.42 Å². The molecule has 0 saturated carbocycles. The van der Waals surface area contributed by atoms with E-state index in [-0.39, 0.29) is 17.2 Å². The maximum Gasteiger partial charge on any atom is 0.407 e. The number of aromatic nitrogens is 2. The Bertz CT molecular complexity index is 630. The lowest BCUT2D eigenvalue weighted by Gasteiger charge is -2.42. The number of amides is 1. The molecule has 1 aliphatic heterocycles. The molecular weight excluding hydrogens is 350 g/mol. The van der Waals surface area contributed by atoms with Crippen molar-refractivity contribution in [3.8, 4) is 0 Å². The minimum atomic E-state index is -0.869. The van der Waals surface area contributed by atoms with E-state index in [4.69, 9.17) is 5.11 Å². The lowest BCUT2D eigenvalue weighted by atomic mass is 9.67. The molecule has 3 rings (SSSR count).